The van der Waals surface area contributed by atoms with Gasteiger partial charge in [-0.1, -0.05) is 12.1 Å². The zero-order chi connectivity index (χ0) is 23.2. The Morgan fingerprint density at radius 1 is 0.914 bits per heavy atom. The molecule has 1 fully saturated rings. The van der Waals surface area contributed by atoms with Gasteiger partial charge < -0.3 is 9.40 Å². The smallest absolute Gasteiger partial charge is 0.116 e. The van der Waals surface area contributed by atoms with Crippen molar-refractivity contribution >= 4 is 21.8 Å². The van der Waals surface area contributed by atoms with Crippen molar-refractivity contribution in [2.75, 3.05) is 13.1 Å². The van der Waals surface area contributed by atoms with Crippen LogP contribution < -0.4 is 0 Å². The van der Waals surface area contributed by atoms with Crippen molar-refractivity contribution in [3.63, 3.8) is 0 Å². The van der Waals surface area contributed by atoms with Crippen LogP contribution in [-0.2, 0) is 6.54 Å². The average Bonchev–Trinajstić information content (AvgIpc) is 3.70. The third kappa shape index (κ3) is 3.61. The SMILES string of the molecule is c1cc(-c2ccoc2)c2cc(-c3n[nH]c4cnc(-c5cncc(CN6CCCC6)c5)cc34)[nH]c2c1. The molecule has 6 aromatic rings. The second-order valence-corrected chi connectivity index (χ2v) is 9.21. The number of hydrogen-bond donors (Lipinski definition) is 2. The van der Waals surface area contributed by atoms with Crippen LogP contribution in [0.25, 0.3) is 55.6 Å². The van der Waals surface area contributed by atoms with Gasteiger partial charge in [-0.2, -0.15) is 5.10 Å². The van der Waals surface area contributed by atoms with E-state index in [1.807, 2.05) is 24.7 Å². The Labute approximate surface area is 201 Å². The number of rotatable bonds is 5. The third-order valence-electron chi connectivity index (χ3n) is 6.89. The van der Waals surface area contributed by atoms with Crippen LogP contribution >= 0.6 is 0 Å². The molecule has 7 heteroatoms. The summed E-state index contributed by atoms with van der Waals surface area (Å²) >= 11 is 0. The van der Waals surface area contributed by atoms with E-state index >= 15 is 0 Å². The molecule has 172 valence electrons. The number of benzene rings is 1. The van der Waals surface area contributed by atoms with E-state index in [1.54, 1.807) is 12.5 Å². The number of aromatic nitrogens is 5. The zero-order valence-electron chi connectivity index (χ0n) is 19.2. The number of fused-ring (bicyclic) bond motifs is 2. The largest absolute Gasteiger partial charge is 0.472 e. The highest BCUT2D eigenvalue weighted by Gasteiger charge is 2.16. The molecule has 0 amide bonds. The second kappa shape index (κ2) is 8.21. The van der Waals surface area contributed by atoms with Crippen molar-refractivity contribution in [1.29, 1.82) is 0 Å². The number of furan rings is 1. The Bertz CT molecular complexity index is 1640. The number of hydrogen-bond acceptors (Lipinski definition) is 5. The molecule has 7 nitrogen and oxygen atoms in total. The minimum atomic E-state index is 0.874. The van der Waals surface area contributed by atoms with Gasteiger partial charge in [0.2, 0.25) is 0 Å². The van der Waals surface area contributed by atoms with Gasteiger partial charge in [0, 0.05) is 46.4 Å². The van der Waals surface area contributed by atoms with Crippen molar-refractivity contribution < 1.29 is 4.42 Å². The van der Waals surface area contributed by atoms with E-state index in [4.69, 9.17) is 9.40 Å². The lowest BCUT2D eigenvalue weighted by molar-refractivity contribution is 0.331. The van der Waals surface area contributed by atoms with E-state index in [9.17, 15) is 0 Å². The van der Waals surface area contributed by atoms with Crippen molar-refractivity contribution in [3.05, 3.63) is 79.1 Å². The van der Waals surface area contributed by atoms with Gasteiger partial charge in [0.1, 0.15) is 5.69 Å². The fraction of sp³-hybridized carbons (Fsp3) is 0.179. The summed E-state index contributed by atoms with van der Waals surface area (Å²) in [5.41, 5.74) is 9.12. The maximum atomic E-state index is 5.31. The second-order valence-electron chi connectivity index (χ2n) is 9.21. The molecule has 7 rings (SSSR count). The lowest BCUT2D eigenvalue weighted by Crippen LogP contribution is -2.18. The predicted octanol–water partition coefficient (Wildman–Crippen LogP) is 6.02. The van der Waals surface area contributed by atoms with Gasteiger partial charge in [0.15, 0.2) is 0 Å². The molecule has 1 aliphatic heterocycles. The van der Waals surface area contributed by atoms with Gasteiger partial charge in [0.05, 0.1) is 35.6 Å². The van der Waals surface area contributed by atoms with Gasteiger partial charge >= 0.3 is 0 Å². The number of aromatic amines is 2. The quantitative estimate of drug-likeness (QED) is 0.328. The minimum Gasteiger partial charge on any atom is -0.472 e. The highest BCUT2D eigenvalue weighted by Crippen LogP contribution is 2.35. The van der Waals surface area contributed by atoms with Gasteiger partial charge in [-0.15, -0.1) is 0 Å². The Morgan fingerprint density at radius 2 is 1.86 bits per heavy atom. The molecule has 5 aromatic heterocycles. The molecule has 0 bridgehead atoms. The van der Waals surface area contributed by atoms with E-state index in [2.05, 4.69) is 61.5 Å². The topological polar surface area (TPSA) is 86.6 Å². The summed E-state index contributed by atoms with van der Waals surface area (Å²) in [7, 11) is 0. The summed E-state index contributed by atoms with van der Waals surface area (Å²) in [5, 5.41) is 9.94. The molecular weight excluding hydrogens is 436 g/mol. The fourth-order valence-corrected chi connectivity index (χ4v) is 5.15. The monoisotopic (exact) mass is 460 g/mol. The lowest BCUT2D eigenvalue weighted by Gasteiger charge is -2.14. The van der Waals surface area contributed by atoms with E-state index in [0.29, 0.717) is 0 Å². The first-order valence-electron chi connectivity index (χ1n) is 12.0. The summed E-state index contributed by atoms with van der Waals surface area (Å²) in [6, 6.07) is 14.7. The Balaban J connectivity index is 1.28. The van der Waals surface area contributed by atoms with Crippen LogP contribution in [0.2, 0.25) is 0 Å². The van der Waals surface area contributed by atoms with Crippen LogP contribution in [0.5, 0.6) is 0 Å². The van der Waals surface area contributed by atoms with Crippen molar-refractivity contribution in [3.8, 4) is 33.8 Å². The van der Waals surface area contributed by atoms with E-state index in [1.165, 1.54) is 31.5 Å². The Kier molecular flexibility index (Phi) is 4.73. The van der Waals surface area contributed by atoms with Crippen LogP contribution in [0.1, 0.15) is 18.4 Å². The maximum Gasteiger partial charge on any atom is 0.116 e. The zero-order valence-corrected chi connectivity index (χ0v) is 19.2. The third-order valence-corrected chi connectivity index (χ3v) is 6.89. The molecule has 0 radical (unpaired) electrons. The van der Waals surface area contributed by atoms with Crippen LogP contribution in [-0.4, -0.2) is 43.1 Å². The molecule has 1 aromatic carbocycles. The highest BCUT2D eigenvalue weighted by molar-refractivity contribution is 6.01. The normalized spacial score (nSPS) is 14.4. The van der Waals surface area contributed by atoms with E-state index < -0.39 is 0 Å². The molecule has 0 atom stereocenters. The Morgan fingerprint density at radius 3 is 2.74 bits per heavy atom. The molecule has 35 heavy (non-hydrogen) atoms. The van der Waals surface area contributed by atoms with Gasteiger partial charge in [-0.3, -0.25) is 20.0 Å². The van der Waals surface area contributed by atoms with Crippen LogP contribution in [0.4, 0.5) is 0 Å². The summed E-state index contributed by atoms with van der Waals surface area (Å²) < 4.78 is 5.31. The first kappa shape index (κ1) is 20.2. The standard InChI is InChI=1S/C28H24N6O/c1-2-8-34(7-1)16-18-10-20(14-29-13-18)25-12-23-27(15-30-25)32-33-28(23)26-11-22-21(19-6-9-35-17-19)4-3-5-24(22)31-26/h3-6,9-15,17,31H,1-2,7-8,16H2,(H,32,33). The van der Waals surface area contributed by atoms with Crippen LogP contribution in [0.3, 0.4) is 0 Å². The van der Waals surface area contributed by atoms with Gasteiger partial charge in [0.25, 0.3) is 0 Å². The molecule has 0 spiro atoms. The van der Waals surface area contributed by atoms with Gasteiger partial charge in [-0.25, -0.2) is 0 Å². The fourth-order valence-electron chi connectivity index (χ4n) is 5.15. The average molecular weight is 461 g/mol. The lowest BCUT2D eigenvalue weighted by atomic mass is 10.0. The van der Waals surface area contributed by atoms with Crippen LogP contribution in [0.15, 0.2) is 78.0 Å². The molecule has 6 heterocycles. The number of H-pyrrole nitrogens is 2. The summed E-state index contributed by atoms with van der Waals surface area (Å²) in [4.78, 5) is 15.2. The van der Waals surface area contributed by atoms with Crippen molar-refractivity contribution in [2.45, 2.75) is 19.4 Å². The summed E-state index contributed by atoms with van der Waals surface area (Å²) in [6.07, 6.45) is 11.8. The number of likely N-dealkylation sites (tertiary alicyclic amines) is 1. The van der Waals surface area contributed by atoms with Crippen molar-refractivity contribution in [1.82, 2.24) is 30.0 Å². The molecule has 0 aliphatic carbocycles. The van der Waals surface area contributed by atoms with Gasteiger partial charge in [-0.05, 0) is 67.4 Å². The summed E-state index contributed by atoms with van der Waals surface area (Å²) in [5.74, 6) is 0. The summed E-state index contributed by atoms with van der Waals surface area (Å²) in [6.45, 7) is 3.27. The molecular formula is C28H24N6O. The molecule has 1 aliphatic rings. The van der Waals surface area contributed by atoms with Crippen LogP contribution in [0, 0.1) is 0 Å². The number of pyridine rings is 2. The first-order valence-corrected chi connectivity index (χ1v) is 12.0. The maximum absolute atomic E-state index is 5.31. The van der Waals surface area contributed by atoms with E-state index in [0.717, 1.165) is 62.1 Å². The number of nitrogens with zero attached hydrogens (tertiary/aromatic N) is 4. The number of nitrogens with one attached hydrogen (secondary N) is 2. The molecule has 0 saturated carbocycles. The molecule has 1 saturated heterocycles. The van der Waals surface area contributed by atoms with Crippen molar-refractivity contribution in [2.24, 2.45) is 0 Å². The predicted molar refractivity (Wildman–Crippen MR) is 137 cm³/mol. The molecule has 0 unspecified atom stereocenters. The minimum absolute atomic E-state index is 0.874. The highest BCUT2D eigenvalue weighted by atomic mass is 16.3. The Hall–Kier alpha value is -4.23. The molecule has 2 N–H and O–H groups in total. The first-order chi connectivity index (χ1) is 17.3. The van der Waals surface area contributed by atoms with E-state index in [-0.39, 0.29) is 0 Å².